The van der Waals surface area contributed by atoms with E-state index < -0.39 is 0 Å². The van der Waals surface area contributed by atoms with Gasteiger partial charge in [-0.2, -0.15) is 10.1 Å². The number of anilines is 4. The van der Waals surface area contributed by atoms with Crippen molar-refractivity contribution in [1.29, 1.82) is 0 Å². The molecule has 1 aliphatic rings. The summed E-state index contributed by atoms with van der Waals surface area (Å²) in [6.45, 7) is 5.12. The first kappa shape index (κ1) is 15.6. The maximum atomic E-state index is 4.68. The van der Waals surface area contributed by atoms with Gasteiger partial charge in [0.25, 0.3) is 5.95 Å². The molecule has 1 aromatic heterocycles. The van der Waals surface area contributed by atoms with Crippen LogP contribution in [0.4, 0.5) is 23.1 Å². The second-order valence-corrected chi connectivity index (χ2v) is 6.45. The van der Waals surface area contributed by atoms with Crippen molar-refractivity contribution in [3.05, 3.63) is 65.4 Å². The lowest BCUT2D eigenvalue weighted by Gasteiger charge is -2.29. The Balaban J connectivity index is 1.63. The van der Waals surface area contributed by atoms with E-state index in [0.717, 1.165) is 25.1 Å². The number of fused-ring (bicyclic) bond motifs is 1. The molecule has 25 heavy (non-hydrogen) atoms. The van der Waals surface area contributed by atoms with E-state index in [-0.39, 0.29) is 0 Å². The highest BCUT2D eigenvalue weighted by atomic mass is 15.3. The average molecular weight is 331 g/mol. The van der Waals surface area contributed by atoms with Gasteiger partial charge in [0.1, 0.15) is 0 Å². The Morgan fingerprint density at radius 3 is 2.80 bits per heavy atom. The number of aryl methyl sites for hydroxylation is 3. The van der Waals surface area contributed by atoms with Crippen LogP contribution in [0.15, 0.2) is 48.7 Å². The monoisotopic (exact) mass is 331 g/mol. The lowest BCUT2D eigenvalue weighted by Crippen LogP contribution is -2.26. The minimum absolute atomic E-state index is 0.640. The van der Waals surface area contributed by atoms with Gasteiger partial charge in [0.15, 0.2) is 5.82 Å². The molecule has 126 valence electrons. The summed E-state index contributed by atoms with van der Waals surface area (Å²) >= 11 is 0. The summed E-state index contributed by atoms with van der Waals surface area (Å²) in [7, 11) is 0. The van der Waals surface area contributed by atoms with Crippen LogP contribution in [0.25, 0.3) is 0 Å². The Bertz CT molecular complexity index is 906. The van der Waals surface area contributed by atoms with E-state index in [4.69, 9.17) is 0 Å². The summed E-state index contributed by atoms with van der Waals surface area (Å²) in [6, 6.07) is 14.7. The molecule has 1 aliphatic heterocycles. The fourth-order valence-corrected chi connectivity index (χ4v) is 3.18. The van der Waals surface area contributed by atoms with Crippen molar-refractivity contribution in [1.82, 2.24) is 15.2 Å². The number of benzene rings is 2. The predicted octanol–water partition coefficient (Wildman–Crippen LogP) is 4.32. The smallest absolute Gasteiger partial charge is 0.251 e. The second-order valence-electron chi connectivity index (χ2n) is 6.45. The van der Waals surface area contributed by atoms with Crippen molar-refractivity contribution < 1.29 is 0 Å². The van der Waals surface area contributed by atoms with Gasteiger partial charge in [-0.05, 0) is 61.6 Å². The SMILES string of the molecule is Cc1ccc(Nc2cnnc(N3CCCc4ccccc43)n2)cc1C. The van der Waals surface area contributed by atoms with Crippen molar-refractivity contribution in [3.63, 3.8) is 0 Å². The van der Waals surface area contributed by atoms with Crippen molar-refractivity contribution >= 4 is 23.1 Å². The molecule has 0 aliphatic carbocycles. The van der Waals surface area contributed by atoms with Crippen LogP contribution >= 0.6 is 0 Å². The van der Waals surface area contributed by atoms with Crippen LogP contribution in [-0.4, -0.2) is 21.7 Å². The summed E-state index contributed by atoms with van der Waals surface area (Å²) in [4.78, 5) is 6.83. The number of nitrogens with one attached hydrogen (secondary N) is 1. The molecular weight excluding hydrogens is 310 g/mol. The molecule has 0 saturated heterocycles. The largest absolute Gasteiger partial charge is 0.339 e. The summed E-state index contributed by atoms with van der Waals surface area (Å²) in [6.07, 6.45) is 3.85. The second kappa shape index (κ2) is 6.51. The third-order valence-corrected chi connectivity index (χ3v) is 4.68. The van der Waals surface area contributed by atoms with E-state index in [1.54, 1.807) is 6.20 Å². The average Bonchev–Trinajstić information content (AvgIpc) is 2.64. The molecule has 5 heteroatoms. The number of para-hydroxylation sites is 1. The van der Waals surface area contributed by atoms with Gasteiger partial charge in [-0.3, -0.25) is 0 Å². The fraction of sp³-hybridized carbons (Fsp3) is 0.250. The van der Waals surface area contributed by atoms with E-state index in [1.807, 2.05) is 0 Å². The first-order valence-electron chi connectivity index (χ1n) is 8.60. The summed E-state index contributed by atoms with van der Waals surface area (Å²) in [5.41, 5.74) is 6.05. The van der Waals surface area contributed by atoms with Crippen LogP contribution in [0, 0.1) is 13.8 Å². The van der Waals surface area contributed by atoms with E-state index in [1.165, 1.54) is 22.4 Å². The van der Waals surface area contributed by atoms with Crippen LogP contribution in [-0.2, 0) is 6.42 Å². The van der Waals surface area contributed by atoms with Gasteiger partial charge in [0.2, 0.25) is 0 Å². The Kier molecular flexibility index (Phi) is 4.06. The molecule has 4 rings (SSSR count). The zero-order valence-corrected chi connectivity index (χ0v) is 14.5. The van der Waals surface area contributed by atoms with Crippen LogP contribution in [0.1, 0.15) is 23.1 Å². The highest BCUT2D eigenvalue weighted by Gasteiger charge is 2.20. The van der Waals surface area contributed by atoms with Gasteiger partial charge in [-0.1, -0.05) is 24.3 Å². The summed E-state index contributed by atoms with van der Waals surface area (Å²) in [5.74, 6) is 1.34. The number of rotatable bonds is 3. The molecule has 0 radical (unpaired) electrons. The molecular formula is C20H21N5. The molecule has 2 aromatic carbocycles. The molecule has 0 atom stereocenters. The van der Waals surface area contributed by atoms with Crippen molar-refractivity contribution in [2.45, 2.75) is 26.7 Å². The molecule has 0 fully saturated rings. The third kappa shape index (κ3) is 3.18. The van der Waals surface area contributed by atoms with Gasteiger partial charge in [-0.25, -0.2) is 0 Å². The van der Waals surface area contributed by atoms with E-state index in [2.05, 4.69) is 81.7 Å². The van der Waals surface area contributed by atoms with E-state index in [9.17, 15) is 0 Å². The Morgan fingerprint density at radius 1 is 1.04 bits per heavy atom. The van der Waals surface area contributed by atoms with Gasteiger partial charge in [0.05, 0.1) is 6.20 Å². The lowest BCUT2D eigenvalue weighted by atomic mass is 10.0. The standard InChI is InChI=1S/C20H21N5/c1-14-9-10-17(12-15(14)2)22-19-13-21-24-20(23-19)25-11-5-7-16-6-3-4-8-18(16)25/h3-4,6,8-10,12-13H,5,7,11H2,1-2H3,(H,22,23,24). The van der Waals surface area contributed by atoms with Crippen LogP contribution in [0.2, 0.25) is 0 Å². The van der Waals surface area contributed by atoms with Gasteiger partial charge in [0, 0.05) is 17.9 Å². The Labute approximate surface area is 147 Å². The zero-order valence-electron chi connectivity index (χ0n) is 14.5. The lowest BCUT2D eigenvalue weighted by molar-refractivity contribution is 0.742. The quantitative estimate of drug-likeness (QED) is 0.775. The fourth-order valence-electron chi connectivity index (χ4n) is 3.18. The normalized spacial score (nSPS) is 13.4. The molecule has 0 spiro atoms. The number of hydrogen-bond acceptors (Lipinski definition) is 5. The highest BCUT2D eigenvalue weighted by molar-refractivity contribution is 5.65. The topological polar surface area (TPSA) is 53.9 Å². The van der Waals surface area contributed by atoms with Gasteiger partial charge >= 0.3 is 0 Å². The third-order valence-electron chi connectivity index (χ3n) is 4.68. The number of nitrogens with zero attached hydrogens (tertiary/aromatic N) is 4. The van der Waals surface area contributed by atoms with Gasteiger partial charge in [-0.15, -0.1) is 5.10 Å². The summed E-state index contributed by atoms with van der Waals surface area (Å²) < 4.78 is 0. The van der Waals surface area contributed by atoms with Crippen molar-refractivity contribution in [2.24, 2.45) is 0 Å². The molecule has 0 bridgehead atoms. The minimum atomic E-state index is 0.640. The highest BCUT2D eigenvalue weighted by Crippen LogP contribution is 2.31. The number of hydrogen-bond donors (Lipinski definition) is 1. The molecule has 2 heterocycles. The van der Waals surface area contributed by atoms with Crippen LogP contribution in [0.5, 0.6) is 0 Å². The molecule has 0 unspecified atom stereocenters. The molecule has 3 aromatic rings. The van der Waals surface area contributed by atoms with Crippen molar-refractivity contribution in [3.8, 4) is 0 Å². The van der Waals surface area contributed by atoms with Crippen LogP contribution < -0.4 is 10.2 Å². The molecule has 5 nitrogen and oxygen atoms in total. The maximum Gasteiger partial charge on any atom is 0.251 e. The predicted molar refractivity (Wildman–Crippen MR) is 101 cm³/mol. The molecule has 0 saturated carbocycles. The van der Waals surface area contributed by atoms with Crippen LogP contribution in [0.3, 0.4) is 0 Å². The number of aromatic nitrogens is 3. The Morgan fingerprint density at radius 2 is 1.92 bits per heavy atom. The minimum Gasteiger partial charge on any atom is -0.339 e. The molecule has 0 amide bonds. The first-order chi connectivity index (χ1) is 12.2. The summed E-state index contributed by atoms with van der Waals surface area (Å²) in [5, 5.41) is 11.7. The van der Waals surface area contributed by atoms with E-state index in [0.29, 0.717) is 11.8 Å². The van der Waals surface area contributed by atoms with E-state index >= 15 is 0 Å². The molecule has 1 N–H and O–H groups in total. The van der Waals surface area contributed by atoms with Crippen molar-refractivity contribution in [2.75, 3.05) is 16.8 Å². The van der Waals surface area contributed by atoms with Gasteiger partial charge < -0.3 is 10.2 Å². The maximum absolute atomic E-state index is 4.68. The zero-order chi connectivity index (χ0) is 17.2. The first-order valence-corrected chi connectivity index (χ1v) is 8.60. The Hall–Kier alpha value is -2.95.